The van der Waals surface area contributed by atoms with E-state index in [4.69, 9.17) is 14.2 Å². The van der Waals surface area contributed by atoms with Gasteiger partial charge >= 0.3 is 5.97 Å². The van der Waals surface area contributed by atoms with Crippen LogP contribution in [0.2, 0.25) is 0 Å². The molecule has 1 fully saturated rings. The standard InChI is InChI=1S/C24H35FO6S/c1-24(2,3)31-23(26)14-7-19(15-25)16-30-21-10-12-22(13-11-21)32(27,28)17-18-5-8-20(29-4)9-6-18/h10-13,15,18,20H,5-9,14,16-17H2,1-4H3/b19-15+. The quantitative estimate of drug-likeness (QED) is 0.447. The summed E-state index contributed by atoms with van der Waals surface area (Å²) >= 11 is 0. The second-order valence-corrected chi connectivity index (χ2v) is 11.3. The summed E-state index contributed by atoms with van der Waals surface area (Å²) < 4.78 is 54.8. The molecule has 0 amide bonds. The molecule has 1 aromatic rings. The third kappa shape index (κ3) is 8.90. The van der Waals surface area contributed by atoms with Crippen molar-refractivity contribution >= 4 is 15.8 Å². The zero-order valence-corrected chi connectivity index (χ0v) is 20.3. The van der Waals surface area contributed by atoms with Crippen molar-refractivity contribution < 1.29 is 31.8 Å². The van der Waals surface area contributed by atoms with Crippen LogP contribution in [0.1, 0.15) is 59.3 Å². The minimum absolute atomic E-state index is 0.0336. The molecule has 0 heterocycles. The lowest BCUT2D eigenvalue weighted by Gasteiger charge is -2.27. The van der Waals surface area contributed by atoms with Gasteiger partial charge in [0.05, 0.1) is 23.1 Å². The number of hydrogen-bond donors (Lipinski definition) is 0. The summed E-state index contributed by atoms with van der Waals surface area (Å²) in [6, 6.07) is 6.17. The number of carbonyl (C=O) groups excluding carboxylic acids is 1. The Morgan fingerprint density at radius 1 is 1.09 bits per heavy atom. The number of carbonyl (C=O) groups is 1. The van der Waals surface area contributed by atoms with Gasteiger partial charge in [-0.3, -0.25) is 4.79 Å². The molecule has 1 aliphatic carbocycles. The largest absolute Gasteiger partial charge is 0.489 e. The normalized spacial score (nSPS) is 20.1. The van der Waals surface area contributed by atoms with E-state index in [9.17, 15) is 17.6 Å². The first kappa shape index (κ1) is 26.3. The van der Waals surface area contributed by atoms with Gasteiger partial charge < -0.3 is 14.2 Å². The smallest absolute Gasteiger partial charge is 0.306 e. The molecule has 1 aromatic carbocycles. The van der Waals surface area contributed by atoms with Crippen LogP contribution in [-0.4, -0.2) is 45.6 Å². The third-order valence-electron chi connectivity index (χ3n) is 5.41. The molecule has 0 aliphatic heterocycles. The Labute approximate surface area is 191 Å². The van der Waals surface area contributed by atoms with Crippen molar-refractivity contribution in [3.8, 4) is 5.75 Å². The Balaban J connectivity index is 1.84. The fourth-order valence-electron chi connectivity index (χ4n) is 3.67. The van der Waals surface area contributed by atoms with Crippen molar-refractivity contribution in [1.82, 2.24) is 0 Å². The van der Waals surface area contributed by atoms with Crippen molar-refractivity contribution in [3.05, 3.63) is 36.2 Å². The Morgan fingerprint density at radius 3 is 2.25 bits per heavy atom. The summed E-state index contributed by atoms with van der Waals surface area (Å²) in [5.41, 5.74) is -0.266. The van der Waals surface area contributed by atoms with Gasteiger partial charge in [-0.1, -0.05) is 0 Å². The van der Waals surface area contributed by atoms with Crippen LogP contribution >= 0.6 is 0 Å². The Hall–Kier alpha value is -1.93. The fourth-order valence-corrected chi connectivity index (χ4v) is 5.37. The lowest BCUT2D eigenvalue weighted by atomic mass is 9.89. The Kier molecular flexibility index (Phi) is 9.70. The van der Waals surface area contributed by atoms with Gasteiger partial charge in [-0.05, 0) is 88.6 Å². The van der Waals surface area contributed by atoms with Crippen LogP contribution in [0.15, 0.2) is 41.1 Å². The highest BCUT2D eigenvalue weighted by Gasteiger charge is 2.26. The number of esters is 1. The van der Waals surface area contributed by atoms with Crippen molar-refractivity contribution in [2.45, 2.75) is 75.9 Å². The van der Waals surface area contributed by atoms with E-state index in [0.29, 0.717) is 17.7 Å². The fraction of sp³-hybridized carbons (Fsp3) is 0.625. The zero-order valence-electron chi connectivity index (χ0n) is 19.4. The summed E-state index contributed by atoms with van der Waals surface area (Å²) in [5, 5.41) is 0. The number of methoxy groups -OCH3 is 1. The Morgan fingerprint density at radius 2 is 1.72 bits per heavy atom. The van der Waals surface area contributed by atoms with Crippen molar-refractivity contribution in [2.75, 3.05) is 19.5 Å². The molecule has 180 valence electrons. The van der Waals surface area contributed by atoms with Gasteiger partial charge in [-0.2, -0.15) is 0 Å². The summed E-state index contributed by atoms with van der Waals surface area (Å²) in [4.78, 5) is 12.0. The molecule has 0 aromatic heterocycles. The predicted molar refractivity (Wildman–Crippen MR) is 121 cm³/mol. The van der Waals surface area contributed by atoms with Gasteiger partial charge in [0.15, 0.2) is 9.84 Å². The number of ether oxygens (including phenoxy) is 3. The number of sulfone groups is 1. The highest BCUT2D eigenvalue weighted by atomic mass is 32.2. The van der Waals surface area contributed by atoms with E-state index >= 15 is 0 Å². The molecule has 1 aliphatic rings. The minimum Gasteiger partial charge on any atom is -0.489 e. The maximum atomic E-state index is 13.2. The van der Waals surface area contributed by atoms with E-state index in [1.54, 1.807) is 40.0 Å². The second kappa shape index (κ2) is 11.8. The van der Waals surface area contributed by atoms with E-state index in [1.807, 2.05) is 0 Å². The molecule has 0 atom stereocenters. The van der Waals surface area contributed by atoms with E-state index in [2.05, 4.69) is 0 Å². The predicted octanol–water partition coefficient (Wildman–Crippen LogP) is 5.02. The first-order chi connectivity index (χ1) is 15.0. The van der Waals surface area contributed by atoms with Gasteiger partial charge in [0.25, 0.3) is 0 Å². The molecular weight excluding hydrogens is 435 g/mol. The first-order valence-corrected chi connectivity index (χ1v) is 12.7. The van der Waals surface area contributed by atoms with Gasteiger partial charge in [0.2, 0.25) is 0 Å². The molecule has 8 heteroatoms. The van der Waals surface area contributed by atoms with Crippen LogP contribution < -0.4 is 4.74 Å². The highest BCUT2D eigenvalue weighted by molar-refractivity contribution is 7.91. The molecule has 6 nitrogen and oxygen atoms in total. The van der Waals surface area contributed by atoms with Crippen LogP contribution in [0.5, 0.6) is 5.75 Å². The lowest BCUT2D eigenvalue weighted by molar-refractivity contribution is -0.154. The number of rotatable bonds is 10. The van der Waals surface area contributed by atoms with Crippen molar-refractivity contribution in [3.63, 3.8) is 0 Å². The van der Waals surface area contributed by atoms with Crippen LogP contribution in [0.25, 0.3) is 0 Å². The number of halogens is 1. The summed E-state index contributed by atoms with van der Waals surface area (Å²) in [6.07, 6.45) is 4.38. The molecular formula is C24H35FO6S. The maximum Gasteiger partial charge on any atom is 0.306 e. The Bertz CT molecular complexity index is 863. The van der Waals surface area contributed by atoms with E-state index in [-0.39, 0.29) is 42.1 Å². The van der Waals surface area contributed by atoms with Gasteiger partial charge in [0.1, 0.15) is 18.0 Å². The number of benzene rings is 1. The molecule has 0 unspecified atom stereocenters. The van der Waals surface area contributed by atoms with Gasteiger partial charge in [0, 0.05) is 13.5 Å². The number of hydrogen-bond acceptors (Lipinski definition) is 6. The SMILES string of the molecule is COC1CCC(CS(=O)(=O)c2ccc(OC/C(=C/F)CCC(=O)OC(C)(C)C)cc2)CC1. The first-order valence-electron chi connectivity index (χ1n) is 11.0. The molecule has 0 N–H and O–H groups in total. The van der Waals surface area contributed by atoms with Gasteiger partial charge in [-0.25, -0.2) is 12.8 Å². The topological polar surface area (TPSA) is 78.9 Å². The highest BCUT2D eigenvalue weighted by Crippen LogP contribution is 2.29. The minimum atomic E-state index is -3.39. The van der Waals surface area contributed by atoms with Gasteiger partial charge in [-0.15, -0.1) is 0 Å². The van der Waals surface area contributed by atoms with E-state index in [1.165, 1.54) is 12.1 Å². The van der Waals surface area contributed by atoms with Crippen LogP contribution in [-0.2, 0) is 24.1 Å². The summed E-state index contributed by atoms with van der Waals surface area (Å²) in [5.74, 6) is 0.302. The van der Waals surface area contributed by atoms with Crippen LogP contribution in [0, 0.1) is 5.92 Å². The molecule has 0 radical (unpaired) electrons. The average Bonchev–Trinajstić information content (AvgIpc) is 2.73. The van der Waals surface area contributed by atoms with Crippen LogP contribution in [0.3, 0.4) is 0 Å². The molecule has 2 rings (SSSR count). The van der Waals surface area contributed by atoms with Crippen molar-refractivity contribution in [1.29, 1.82) is 0 Å². The van der Waals surface area contributed by atoms with E-state index < -0.39 is 21.4 Å². The average molecular weight is 471 g/mol. The van der Waals surface area contributed by atoms with Crippen LogP contribution in [0.4, 0.5) is 4.39 Å². The summed E-state index contributed by atoms with van der Waals surface area (Å²) in [7, 11) is -1.70. The molecule has 0 spiro atoms. The molecule has 0 saturated heterocycles. The maximum absolute atomic E-state index is 13.2. The third-order valence-corrected chi connectivity index (χ3v) is 7.31. The van der Waals surface area contributed by atoms with E-state index in [0.717, 1.165) is 25.7 Å². The summed E-state index contributed by atoms with van der Waals surface area (Å²) in [6.45, 7) is 5.29. The lowest BCUT2D eigenvalue weighted by Crippen LogP contribution is -2.25. The molecule has 1 saturated carbocycles. The monoisotopic (exact) mass is 470 g/mol. The second-order valence-electron chi connectivity index (χ2n) is 9.27. The molecule has 32 heavy (non-hydrogen) atoms. The molecule has 0 bridgehead atoms. The zero-order chi connectivity index (χ0) is 23.8. The van der Waals surface area contributed by atoms with Crippen molar-refractivity contribution in [2.24, 2.45) is 5.92 Å².